The predicted octanol–water partition coefficient (Wildman–Crippen LogP) is 2.79. The molecular weight excluding hydrogens is 391 g/mol. The van der Waals surface area contributed by atoms with Gasteiger partial charge < -0.3 is 9.47 Å². The monoisotopic (exact) mass is 414 g/mol. The maximum atomic E-state index is 5.29. The van der Waals surface area contributed by atoms with Crippen molar-refractivity contribution in [3.8, 4) is 0 Å². The lowest BCUT2D eigenvalue weighted by Crippen LogP contribution is -2.18. The van der Waals surface area contributed by atoms with E-state index >= 15 is 0 Å². The number of nitrogens with zero attached hydrogens (tertiary/aromatic N) is 1. The molecule has 22 heavy (non-hydrogen) atoms. The van der Waals surface area contributed by atoms with Crippen molar-refractivity contribution in [3.05, 3.63) is 22.7 Å². The molecule has 0 saturated carbocycles. The van der Waals surface area contributed by atoms with Crippen LogP contribution < -0.4 is 5.19 Å². The first-order valence-corrected chi connectivity index (χ1v) is 7.22. The molecule has 0 aliphatic heterocycles. The summed E-state index contributed by atoms with van der Waals surface area (Å²) < 4.78 is 11.8. The fourth-order valence-corrected chi connectivity index (χ4v) is 3.48. The Labute approximate surface area is 167 Å². The number of thiazole rings is 1. The molecule has 2 rings (SSSR count). The van der Waals surface area contributed by atoms with E-state index < -0.39 is 0 Å². The standard InChI is InChI=1S/C13H16NO2SSi.4H2S/c1-4-5-10-14-11-9(17-10)7-6-8(12(11)18)13(15-2)16-3;;;;/h6-7,13H,4-5H2,1-3H3;4*1H2. The molecule has 0 bridgehead atoms. The lowest BCUT2D eigenvalue weighted by molar-refractivity contribution is -0.105. The third kappa shape index (κ3) is 5.93. The molecule has 0 amide bonds. The molecule has 0 fully saturated rings. The zero-order chi connectivity index (χ0) is 13.1. The summed E-state index contributed by atoms with van der Waals surface area (Å²) in [7, 11) is 6.93. The van der Waals surface area contributed by atoms with Crippen LogP contribution in [0.5, 0.6) is 0 Å². The van der Waals surface area contributed by atoms with Crippen LogP contribution in [0.4, 0.5) is 0 Å². The summed E-state index contributed by atoms with van der Waals surface area (Å²) in [6.45, 7) is 2.16. The van der Waals surface area contributed by atoms with Crippen molar-refractivity contribution >= 4 is 91.0 Å². The molecule has 0 spiro atoms. The van der Waals surface area contributed by atoms with Crippen molar-refractivity contribution in [1.29, 1.82) is 0 Å². The van der Waals surface area contributed by atoms with Crippen LogP contribution in [0, 0.1) is 0 Å². The van der Waals surface area contributed by atoms with Crippen LogP contribution in [0.3, 0.4) is 0 Å². The lowest BCUT2D eigenvalue weighted by atomic mass is 10.2. The maximum absolute atomic E-state index is 5.29. The van der Waals surface area contributed by atoms with Gasteiger partial charge in [-0.1, -0.05) is 13.0 Å². The van der Waals surface area contributed by atoms with Crippen molar-refractivity contribution in [2.24, 2.45) is 0 Å². The predicted molar refractivity (Wildman–Crippen MR) is 117 cm³/mol. The van der Waals surface area contributed by atoms with E-state index in [0.717, 1.165) is 29.1 Å². The fraction of sp³-hybridized carbons (Fsp3) is 0.462. The van der Waals surface area contributed by atoms with Gasteiger partial charge in [0.25, 0.3) is 0 Å². The third-order valence-electron chi connectivity index (χ3n) is 2.78. The highest BCUT2D eigenvalue weighted by molar-refractivity contribution is 7.59. The summed E-state index contributed by atoms with van der Waals surface area (Å²) in [5.41, 5.74) is 1.97. The van der Waals surface area contributed by atoms with E-state index in [1.807, 2.05) is 6.07 Å². The second-order valence-corrected chi connectivity index (χ2v) is 5.65. The zero-order valence-corrected chi connectivity index (χ0v) is 18.6. The van der Waals surface area contributed by atoms with E-state index in [2.05, 4.69) is 28.2 Å². The SMILES string of the molecule is CCCc1nc2c([Si])c(C(OC)OC)ccc2s1.S.S.S.S. The van der Waals surface area contributed by atoms with Crippen LogP contribution in [0.25, 0.3) is 10.2 Å². The molecule has 0 aliphatic carbocycles. The third-order valence-corrected chi connectivity index (χ3v) is 4.39. The quantitative estimate of drug-likeness (QED) is 0.557. The van der Waals surface area contributed by atoms with Crippen LogP contribution in [0.2, 0.25) is 0 Å². The molecule has 3 nitrogen and oxygen atoms in total. The number of ether oxygens (including phenoxy) is 2. The Morgan fingerprint density at radius 3 is 2.23 bits per heavy atom. The zero-order valence-electron chi connectivity index (χ0n) is 12.8. The van der Waals surface area contributed by atoms with Gasteiger partial charge in [0.05, 0.1) is 25.5 Å². The second kappa shape index (κ2) is 13.0. The molecule has 9 heteroatoms. The molecule has 0 N–H and O–H groups in total. The van der Waals surface area contributed by atoms with Gasteiger partial charge in [-0.3, -0.25) is 0 Å². The van der Waals surface area contributed by atoms with E-state index in [1.165, 1.54) is 9.71 Å². The molecule has 0 unspecified atom stereocenters. The maximum Gasteiger partial charge on any atom is 0.183 e. The number of methoxy groups -OCH3 is 2. The smallest absolute Gasteiger partial charge is 0.183 e. The van der Waals surface area contributed by atoms with Crippen molar-refractivity contribution in [2.45, 2.75) is 26.1 Å². The van der Waals surface area contributed by atoms with Gasteiger partial charge in [0.15, 0.2) is 6.29 Å². The number of aryl methyl sites for hydroxylation is 1. The molecule has 2 aromatic rings. The average Bonchev–Trinajstić information content (AvgIpc) is 2.77. The number of benzene rings is 1. The first-order chi connectivity index (χ1) is 8.71. The Bertz CT molecular complexity index is 548. The Hall–Kier alpha value is 0.647. The van der Waals surface area contributed by atoms with Crippen LogP contribution >= 0.6 is 65.3 Å². The minimum absolute atomic E-state index is 0. The van der Waals surface area contributed by atoms with Crippen LogP contribution in [0.15, 0.2) is 12.1 Å². The molecule has 1 aromatic heterocycles. The van der Waals surface area contributed by atoms with E-state index in [0.29, 0.717) is 0 Å². The minimum Gasteiger partial charge on any atom is -0.352 e. The van der Waals surface area contributed by atoms with Crippen LogP contribution in [-0.2, 0) is 15.9 Å². The average molecular weight is 415 g/mol. The topological polar surface area (TPSA) is 31.4 Å². The Morgan fingerprint density at radius 2 is 1.73 bits per heavy atom. The van der Waals surface area contributed by atoms with Crippen molar-refractivity contribution < 1.29 is 9.47 Å². The van der Waals surface area contributed by atoms with Crippen LogP contribution in [0.1, 0.15) is 30.2 Å². The molecule has 0 atom stereocenters. The summed E-state index contributed by atoms with van der Waals surface area (Å²) >= 11 is 1.75. The van der Waals surface area contributed by atoms with E-state index in [4.69, 9.17) is 9.47 Å². The number of aromatic nitrogens is 1. The molecule has 3 radical (unpaired) electrons. The first-order valence-electron chi connectivity index (χ1n) is 5.90. The Kier molecular flexibility index (Phi) is 16.2. The fourth-order valence-electron chi connectivity index (χ4n) is 1.92. The highest BCUT2D eigenvalue weighted by Crippen LogP contribution is 2.25. The van der Waals surface area contributed by atoms with Gasteiger partial charge in [0, 0.05) is 19.8 Å². The van der Waals surface area contributed by atoms with E-state index in [-0.39, 0.29) is 60.3 Å². The number of fused-ring (bicyclic) bond motifs is 1. The molecule has 0 saturated heterocycles. The normalized spacial score (nSPS) is 9.50. The molecule has 127 valence electrons. The summed E-state index contributed by atoms with van der Waals surface area (Å²) in [5.74, 6) is 0. The summed E-state index contributed by atoms with van der Waals surface area (Å²) in [6.07, 6.45) is 1.78. The van der Waals surface area contributed by atoms with Gasteiger partial charge in [0.2, 0.25) is 0 Å². The number of rotatable bonds is 5. The van der Waals surface area contributed by atoms with Crippen molar-refractivity contribution in [3.63, 3.8) is 0 Å². The summed E-state index contributed by atoms with van der Waals surface area (Å²) in [5, 5.41) is 2.13. The Balaban J connectivity index is -0.000000902. The molecule has 1 aromatic carbocycles. The van der Waals surface area contributed by atoms with Gasteiger partial charge in [0.1, 0.15) is 0 Å². The highest BCUT2D eigenvalue weighted by Gasteiger charge is 2.15. The largest absolute Gasteiger partial charge is 0.352 e. The Morgan fingerprint density at radius 1 is 1.14 bits per heavy atom. The van der Waals surface area contributed by atoms with Crippen molar-refractivity contribution in [2.75, 3.05) is 14.2 Å². The summed E-state index contributed by atoms with van der Waals surface area (Å²) in [6, 6.07) is 4.10. The summed E-state index contributed by atoms with van der Waals surface area (Å²) in [4.78, 5) is 4.67. The van der Waals surface area contributed by atoms with Gasteiger partial charge in [-0.2, -0.15) is 54.0 Å². The van der Waals surface area contributed by atoms with Gasteiger partial charge in [-0.15, -0.1) is 11.3 Å². The molecule has 1 heterocycles. The van der Waals surface area contributed by atoms with Gasteiger partial charge in [-0.25, -0.2) is 4.98 Å². The van der Waals surface area contributed by atoms with E-state index in [1.54, 1.807) is 25.6 Å². The minimum atomic E-state index is -0.363. The number of hydrogen-bond acceptors (Lipinski definition) is 4. The first kappa shape index (κ1) is 27.5. The van der Waals surface area contributed by atoms with Crippen LogP contribution in [-0.4, -0.2) is 29.4 Å². The van der Waals surface area contributed by atoms with E-state index in [9.17, 15) is 0 Å². The van der Waals surface area contributed by atoms with Gasteiger partial charge in [-0.05, 0) is 24.1 Å². The molecular formula is C13H24NO2S5Si. The highest BCUT2D eigenvalue weighted by atomic mass is 32.1. The molecule has 0 aliphatic rings. The number of hydrogen-bond donors (Lipinski definition) is 0. The second-order valence-electron chi connectivity index (χ2n) is 4.04. The lowest BCUT2D eigenvalue weighted by Gasteiger charge is -2.16. The van der Waals surface area contributed by atoms with Crippen molar-refractivity contribution in [1.82, 2.24) is 4.98 Å². The van der Waals surface area contributed by atoms with Gasteiger partial charge >= 0.3 is 0 Å².